The number of nitrogens with zero attached hydrogens (tertiary/aromatic N) is 4. The summed E-state index contributed by atoms with van der Waals surface area (Å²) in [4.78, 5) is 28.3. The molecule has 2 aromatic carbocycles. The summed E-state index contributed by atoms with van der Waals surface area (Å²) in [7, 11) is 0. The minimum Gasteiger partial charge on any atom is -0.444 e. The zero-order valence-electron chi connectivity index (χ0n) is 22.5. The van der Waals surface area contributed by atoms with Crippen LogP contribution in [0.25, 0.3) is 11.5 Å². The Morgan fingerprint density at radius 3 is 2.60 bits per heavy atom. The van der Waals surface area contributed by atoms with Crippen molar-refractivity contribution in [2.45, 2.75) is 63.2 Å². The molecule has 3 aromatic rings. The molecular formula is C27H28ClFN6O4S. The van der Waals surface area contributed by atoms with Gasteiger partial charge < -0.3 is 24.7 Å². The van der Waals surface area contributed by atoms with Crippen LogP contribution in [-0.2, 0) is 16.1 Å². The molecule has 2 heterocycles. The monoisotopic (exact) mass is 586 g/mol. The maximum absolute atomic E-state index is 15.4. The lowest BCUT2D eigenvalue weighted by molar-refractivity contribution is -0.120. The van der Waals surface area contributed by atoms with Crippen LogP contribution in [0.1, 0.15) is 40.2 Å². The fourth-order valence-corrected chi connectivity index (χ4v) is 4.95. The van der Waals surface area contributed by atoms with Crippen molar-refractivity contribution in [1.82, 2.24) is 15.5 Å². The highest BCUT2D eigenvalue weighted by Crippen LogP contribution is 2.40. The van der Waals surface area contributed by atoms with Gasteiger partial charge in [-0.15, -0.1) is 16.9 Å². The quantitative estimate of drug-likeness (QED) is 0.369. The number of amides is 2. The van der Waals surface area contributed by atoms with E-state index < -0.39 is 35.0 Å². The zero-order chi connectivity index (χ0) is 29.2. The number of thioether (sulfide) groups is 1. The molecule has 40 heavy (non-hydrogen) atoms. The van der Waals surface area contributed by atoms with E-state index >= 15 is 4.39 Å². The number of anilines is 2. The predicted molar refractivity (Wildman–Crippen MR) is 150 cm³/mol. The second kappa shape index (κ2) is 11.3. The highest BCUT2D eigenvalue weighted by atomic mass is 35.5. The summed E-state index contributed by atoms with van der Waals surface area (Å²) in [5.41, 5.74) is -0.609. The Hall–Kier alpha value is -3.82. The number of benzene rings is 2. The van der Waals surface area contributed by atoms with Gasteiger partial charge in [-0.25, -0.2) is 9.18 Å². The smallest absolute Gasteiger partial charge is 0.408 e. The lowest BCUT2D eigenvalue weighted by Crippen LogP contribution is -2.50. The highest BCUT2D eigenvalue weighted by molar-refractivity contribution is 7.99. The third-order valence-electron chi connectivity index (χ3n) is 5.61. The molecule has 2 amide bonds. The van der Waals surface area contributed by atoms with Gasteiger partial charge in [-0.1, -0.05) is 28.8 Å². The van der Waals surface area contributed by atoms with Gasteiger partial charge in [0.1, 0.15) is 23.0 Å². The molecule has 10 nitrogen and oxygen atoms in total. The molecule has 0 saturated carbocycles. The molecule has 0 bridgehead atoms. The Kier molecular flexibility index (Phi) is 8.28. The molecule has 0 spiro atoms. The summed E-state index contributed by atoms with van der Waals surface area (Å²) in [6.07, 6.45) is -0.734. The number of fused-ring (bicyclic) bond motifs is 1. The van der Waals surface area contributed by atoms with E-state index in [9.17, 15) is 14.9 Å². The number of nitriles is 1. The van der Waals surface area contributed by atoms with Gasteiger partial charge in [0.2, 0.25) is 0 Å². The molecule has 210 valence electrons. The Labute approximate surface area is 240 Å². The van der Waals surface area contributed by atoms with Gasteiger partial charge in [0.25, 0.3) is 11.8 Å². The number of aromatic nitrogens is 2. The van der Waals surface area contributed by atoms with Gasteiger partial charge in [0.05, 0.1) is 23.9 Å². The summed E-state index contributed by atoms with van der Waals surface area (Å²) >= 11 is 7.27. The van der Waals surface area contributed by atoms with Crippen molar-refractivity contribution in [3.05, 3.63) is 52.8 Å². The van der Waals surface area contributed by atoms with Gasteiger partial charge in [-0.05, 0) is 64.4 Å². The average Bonchev–Trinajstić information content (AvgIpc) is 3.28. The van der Waals surface area contributed by atoms with E-state index in [4.69, 9.17) is 20.8 Å². The van der Waals surface area contributed by atoms with Gasteiger partial charge in [-0.3, -0.25) is 4.79 Å². The van der Waals surface area contributed by atoms with Crippen molar-refractivity contribution in [2.75, 3.05) is 16.0 Å². The summed E-state index contributed by atoms with van der Waals surface area (Å²) in [5, 5.41) is 23.1. The fraction of sp³-hybridized carbons (Fsp3) is 0.370. The lowest BCUT2D eigenvalue weighted by atomic mass is 10.1. The van der Waals surface area contributed by atoms with Crippen LogP contribution in [0.5, 0.6) is 0 Å². The van der Waals surface area contributed by atoms with Crippen molar-refractivity contribution < 1.29 is 23.1 Å². The summed E-state index contributed by atoms with van der Waals surface area (Å²) < 4.78 is 26.3. The third-order valence-corrected chi connectivity index (χ3v) is 7.00. The molecule has 13 heteroatoms. The number of nitrogens with one attached hydrogen (secondary N) is 2. The number of carbonyl (C=O) groups is 2. The highest BCUT2D eigenvalue weighted by Gasteiger charge is 2.34. The maximum Gasteiger partial charge on any atom is 0.408 e. The first kappa shape index (κ1) is 29.2. The topological polar surface area (TPSA) is 133 Å². The Morgan fingerprint density at radius 1 is 1.25 bits per heavy atom. The second-order valence-corrected chi connectivity index (χ2v) is 12.1. The van der Waals surface area contributed by atoms with Crippen LogP contribution < -0.4 is 15.5 Å². The molecule has 2 N–H and O–H groups in total. The van der Waals surface area contributed by atoms with E-state index in [1.54, 1.807) is 58.9 Å². The molecule has 0 aliphatic carbocycles. The molecular weight excluding hydrogens is 559 g/mol. The zero-order valence-corrected chi connectivity index (χ0v) is 24.1. The number of hydrogen-bond acceptors (Lipinski definition) is 9. The van der Waals surface area contributed by atoms with Gasteiger partial charge >= 0.3 is 12.1 Å². The standard InChI is InChI=1S/C27H28ClFN6O4S/c1-26(2,3)39-25(37)31-19-13-40-21-11-18(29)17(22-33-34-24(38-22)32-27(4,5)14-30)10-20(21)35(23(19)36)12-15-6-8-16(28)9-7-15/h6-11,19H,12-13H2,1-5H3,(H,31,37)(H,32,34)/t19-/m0/s1. The molecule has 0 saturated heterocycles. The van der Waals surface area contributed by atoms with Gasteiger partial charge in [0, 0.05) is 15.7 Å². The Bertz CT molecular complexity index is 1470. The number of ether oxygens (including phenoxy) is 1. The Balaban J connectivity index is 1.72. The van der Waals surface area contributed by atoms with E-state index in [1.165, 1.54) is 28.8 Å². The largest absolute Gasteiger partial charge is 0.444 e. The van der Waals surface area contributed by atoms with Crippen LogP contribution in [0.15, 0.2) is 45.7 Å². The number of alkyl carbamates (subject to hydrolysis) is 1. The first-order chi connectivity index (χ1) is 18.7. The van der Waals surface area contributed by atoms with Crippen molar-refractivity contribution in [3.8, 4) is 17.5 Å². The first-order valence-corrected chi connectivity index (χ1v) is 13.7. The number of carbonyl (C=O) groups excluding carboxylic acids is 2. The van der Waals surface area contributed by atoms with Gasteiger partial charge in [-0.2, -0.15) is 5.26 Å². The minimum absolute atomic E-state index is 0.0258. The van der Waals surface area contributed by atoms with Crippen LogP contribution in [-0.4, -0.2) is 45.1 Å². The maximum atomic E-state index is 15.4. The van der Waals surface area contributed by atoms with Crippen molar-refractivity contribution in [2.24, 2.45) is 0 Å². The SMILES string of the molecule is CC(C)(C#N)Nc1nnc(-c2cc3c(cc2F)SC[C@H](NC(=O)OC(C)(C)C)C(=O)N3Cc2ccc(Cl)cc2)o1. The van der Waals surface area contributed by atoms with E-state index in [0.29, 0.717) is 15.6 Å². The number of hydrogen-bond donors (Lipinski definition) is 2. The van der Waals surface area contributed by atoms with Crippen LogP contribution in [0.4, 0.5) is 20.9 Å². The molecule has 0 radical (unpaired) electrons. The fourth-order valence-electron chi connectivity index (χ4n) is 3.75. The molecule has 0 unspecified atom stereocenters. The first-order valence-electron chi connectivity index (χ1n) is 12.3. The van der Waals surface area contributed by atoms with E-state index in [1.807, 2.05) is 0 Å². The second-order valence-electron chi connectivity index (χ2n) is 10.6. The van der Waals surface area contributed by atoms with Crippen molar-refractivity contribution in [1.29, 1.82) is 5.26 Å². The van der Waals surface area contributed by atoms with Crippen molar-refractivity contribution in [3.63, 3.8) is 0 Å². The molecule has 1 aromatic heterocycles. The van der Waals surface area contributed by atoms with Crippen LogP contribution in [0, 0.1) is 17.1 Å². The van der Waals surface area contributed by atoms with Crippen LogP contribution in [0.3, 0.4) is 0 Å². The summed E-state index contributed by atoms with van der Waals surface area (Å²) in [5.74, 6) is -1.03. The predicted octanol–water partition coefficient (Wildman–Crippen LogP) is 5.78. The van der Waals surface area contributed by atoms with E-state index in [2.05, 4.69) is 26.9 Å². The number of rotatable bonds is 6. The Morgan fingerprint density at radius 2 is 1.95 bits per heavy atom. The summed E-state index contributed by atoms with van der Waals surface area (Å²) in [6.45, 7) is 8.54. The summed E-state index contributed by atoms with van der Waals surface area (Å²) in [6, 6.07) is 10.8. The normalized spacial score (nSPS) is 15.6. The van der Waals surface area contributed by atoms with E-state index in [-0.39, 0.29) is 29.8 Å². The minimum atomic E-state index is -0.995. The lowest BCUT2D eigenvalue weighted by Gasteiger charge is -2.27. The van der Waals surface area contributed by atoms with Gasteiger partial charge in [0.15, 0.2) is 0 Å². The third kappa shape index (κ3) is 7.03. The molecule has 4 rings (SSSR count). The molecule has 1 aliphatic heterocycles. The average molecular weight is 587 g/mol. The van der Waals surface area contributed by atoms with Crippen LogP contribution >= 0.6 is 23.4 Å². The molecule has 1 aliphatic rings. The molecule has 0 fully saturated rings. The van der Waals surface area contributed by atoms with Crippen molar-refractivity contribution >= 4 is 47.1 Å². The number of halogens is 2. The van der Waals surface area contributed by atoms with E-state index in [0.717, 1.165) is 5.56 Å². The van der Waals surface area contributed by atoms with Crippen LogP contribution in [0.2, 0.25) is 5.02 Å². The molecule has 1 atom stereocenters.